The summed E-state index contributed by atoms with van der Waals surface area (Å²) in [6.45, 7) is -0.652. The van der Waals surface area contributed by atoms with Crippen molar-refractivity contribution < 1.29 is 27.1 Å². The number of benzene rings is 1. The van der Waals surface area contributed by atoms with Gasteiger partial charge in [0, 0.05) is 5.56 Å². The summed E-state index contributed by atoms with van der Waals surface area (Å²) in [4.78, 5) is 10.3. The zero-order valence-electron chi connectivity index (χ0n) is 8.05. The highest BCUT2D eigenvalue weighted by Crippen LogP contribution is 2.22. The number of aldehydes is 1. The molecule has 0 spiro atoms. The average Bonchev–Trinajstić information content (AvgIpc) is 2.18. The molecule has 0 aromatic heterocycles. The van der Waals surface area contributed by atoms with E-state index in [9.17, 15) is 22.4 Å². The number of rotatable bonds is 4. The van der Waals surface area contributed by atoms with Gasteiger partial charge in [-0.1, -0.05) is 0 Å². The number of hydrogen-bond donors (Lipinski definition) is 0. The van der Waals surface area contributed by atoms with Crippen LogP contribution in [0.5, 0.6) is 5.75 Å². The Labute approximate surface area is 88.8 Å². The van der Waals surface area contributed by atoms with E-state index >= 15 is 0 Å². The van der Waals surface area contributed by atoms with E-state index in [1.54, 1.807) is 0 Å². The van der Waals surface area contributed by atoms with Gasteiger partial charge in [0.05, 0.1) is 13.0 Å². The van der Waals surface area contributed by atoms with Crippen molar-refractivity contribution in [2.45, 2.75) is 12.6 Å². The van der Waals surface area contributed by atoms with Gasteiger partial charge in [-0.2, -0.15) is 13.2 Å². The number of carbonyl (C=O) groups is 1. The lowest BCUT2D eigenvalue weighted by molar-refractivity contribution is -0.139. The number of hydrogen-bond acceptors (Lipinski definition) is 2. The molecule has 0 unspecified atom stereocenters. The van der Waals surface area contributed by atoms with Crippen molar-refractivity contribution >= 4 is 6.29 Å². The van der Waals surface area contributed by atoms with Crippen LogP contribution < -0.4 is 4.74 Å². The van der Waals surface area contributed by atoms with Crippen LogP contribution in [0.3, 0.4) is 0 Å². The molecule has 16 heavy (non-hydrogen) atoms. The molecule has 2 nitrogen and oxygen atoms in total. The average molecular weight is 236 g/mol. The molecular weight excluding hydrogens is 228 g/mol. The van der Waals surface area contributed by atoms with E-state index in [1.807, 2.05) is 0 Å². The molecular formula is C10H8F4O2. The summed E-state index contributed by atoms with van der Waals surface area (Å²) in [5.41, 5.74) is 0.0978. The lowest BCUT2D eigenvalue weighted by Crippen LogP contribution is -2.13. The summed E-state index contributed by atoms with van der Waals surface area (Å²) in [6, 6.07) is 3.28. The first-order chi connectivity index (χ1) is 7.42. The minimum absolute atomic E-state index is 0.0978. The largest absolute Gasteiger partial charge is 0.490 e. The van der Waals surface area contributed by atoms with Crippen molar-refractivity contribution in [3.63, 3.8) is 0 Å². The van der Waals surface area contributed by atoms with Crippen molar-refractivity contribution in [1.29, 1.82) is 0 Å². The van der Waals surface area contributed by atoms with Gasteiger partial charge in [-0.05, 0) is 18.2 Å². The third kappa shape index (κ3) is 3.88. The Morgan fingerprint density at radius 3 is 2.50 bits per heavy atom. The summed E-state index contributed by atoms with van der Waals surface area (Å²) < 4.78 is 53.0. The smallest absolute Gasteiger partial charge is 0.392 e. The van der Waals surface area contributed by atoms with Crippen LogP contribution in [-0.2, 0) is 0 Å². The second kappa shape index (κ2) is 4.96. The van der Waals surface area contributed by atoms with Crippen LogP contribution in [0, 0.1) is 5.82 Å². The van der Waals surface area contributed by atoms with Gasteiger partial charge in [-0.15, -0.1) is 0 Å². The van der Waals surface area contributed by atoms with Crippen LogP contribution in [0.1, 0.15) is 16.8 Å². The summed E-state index contributed by atoms with van der Waals surface area (Å²) in [5, 5.41) is 0. The molecule has 6 heteroatoms. The van der Waals surface area contributed by atoms with E-state index in [-0.39, 0.29) is 11.3 Å². The Bertz CT molecular complexity index is 374. The van der Waals surface area contributed by atoms with Gasteiger partial charge in [0.15, 0.2) is 11.6 Å². The predicted molar refractivity (Wildman–Crippen MR) is 48.0 cm³/mol. The van der Waals surface area contributed by atoms with Gasteiger partial charge in [0.2, 0.25) is 0 Å². The van der Waals surface area contributed by atoms with E-state index in [1.165, 1.54) is 6.07 Å². The van der Waals surface area contributed by atoms with Crippen molar-refractivity contribution in [3.8, 4) is 5.75 Å². The molecule has 0 heterocycles. The summed E-state index contributed by atoms with van der Waals surface area (Å²) in [6.07, 6.45) is -5.05. The van der Waals surface area contributed by atoms with E-state index in [4.69, 9.17) is 0 Å². The summed E-state index contributed by atoms with van der Waals surface area (Å²) >= 11 is 0. The first kappa shape index (κ1) is 12.5. The number of carbonyl (C=O) groups excluding carboxylic acids is 1. The van der Waals surface area contributed by atoms with Crippen molar-refractivity contribution in [2.75, 3.05) is 6.61 Å². The molecule has 1 aromatic carbocycles. The SMILES string of the molecule is O=Cc1ccc(OCCC(F)(F)F)c(F)c1. The highest BCUT2D eigenvalue weighted by atomic mass is 19.4. The molecule has 0 fully saturated rings. The van der Waals surface area contributed by atoms with Crippen LogP contribution >= 0.6 is 0 Å². The van der Waals surface area contributed by atoms with E-state index < -0.39 is 25.0 Å². The molecule has 0 amide bonds. The highest BCUT2D eigenvalue weighted by molar-refractivity contribution is 5.74. The maximum Gasteiger partial charge on any atom is 0.392 e. The number of alkyl halides is 3. The molecule has 0 atom stereocenters. The van der Waals surface area contributed by atoms with E-state index in [0.29, 0.717) is 6.29 Å². The minimum Gasteiger partial charge on any atom is -0.490 e. The van der Waals surface area contributed by atoms with Gasteiger partial charge < -0.3 is 4.74 Å². The Morgan fingerprint density at radius 2 is 2.00 bits per heavy atom. The van der Waals surface area contributed by atoms with Crippen LogP contribution in [-0.4, -0.2) is 19.1 Å². The van der Waals surface area contributed by atoms with Gasteiger partial charge in [-0.25, -0.2) is 4.39 Å². The number of ether oxygens (including phenoxy) is 1. The molecule has 0 bridgehead atoms. The molecule has 0 radical (unpaired) electrons. The lowest BCUT2D eigenvalue weighted by Gasteiger charge is -2.09. The summed E-state index contributed by atoms with van der Waals surface area (Å²) in [7, 11) is 0. The molecule has 0 N–H and O–H groups in total. The zero-order chi connectivity index (χ0) is 12.2. The normalized spacial score (nSPS) is 11.2. The number of halogens is 4. The second-order valence-electron chi connectivity index (χ2n) is 3.02. The minimum atomic E-state index is -4.33. The first-order valence-corrected chi connectivity index (χ1v) is 4.36. The fraction of sp³-hybridized carbons (Fsp3) is 0.300. The molecule has 0 aliphatic carbocycles. The highest BCUT2D eigenvalue weighted by Gasteiger charge is 2.27. The fourth-order valence-electron chi connectivity index (χ4n) is 0.984. The first-order valence-electron chi connectivity index (χ1n) is 4.36. The topological polar surface area (TPSA) is 26.3 Å². The van der Waals surface area contributed by atoms with Crippen LogP contribution in [0.15, 0.2) is 18.2 Å². The van der Waals surface area contributed by atoms with E-state index in [2.05, 4.69) is 4.74 Å². The molecule has 0 aliphatic rings. The molecule has 88 valence electrons. The summed E-state index contributed by atoms with van der Waals surface area (Å²) in [5.74, 6) is -1.15. The van der Waals surface area contributed by atoms with Crippen molar-refractivity contribution in [3.05, 3.63) is 29.6 Å². The molecule has 0 saturated carbocycles. The third-order valence-corrected chi connectivity index (χ3v) is 1.74. The van der Waals surface area contributed by atoms with Gasteiger partial charge in [0.25, 0.3) is 0 Å². The molecule has 0 aliphatic heterocycles. The van der Waals surface area contributed by atoms with Crippen molar-refractivity contribution in [1.82, 2.24) is 0 Å². The molecule has 1 aromatic rings. The Balaban J connectivity index is 2.58. The third-order valence-electron chi connectivity index (χ3n) is 1.74. The molecule has 0 saturated heterocycles. The van der Waals surface area contributed by atoms with Gasteiger partial charge >= 0.3 is 6.18 Å². The second-order valence-corrected chi connectivity index (χ2v) is 3.02. The van der Waals surface area contributed by atoms with Gasteiger partial charge in [-0.3, -0.25) is 4.79 Å². The zero-order valence-corrected chi connectivity index (χ0v) is 8.05. The maximum absolute atomic E-state index is 13.1. The van der Waals surface area contributed by atoms with Crippen molar-refractivity contribution in [2.24, 2.45) is 0 Å². The Kier molecular flexibility index (Phi) is 3.87. The van der Waals surface area contributed by atoms with Crippen LogP contribution in [0.4, 0.5) is 17.6 Å². The quantitative estimate of drug-likeness (QED) is 0.593. The molecule has 1 rings (SSSR count). The maximum atomic E-state index is 13.1. The van der Waals surface area contributed by atoms with Gasteiger partial charge in [0.1, 0.15) is 6.29 Å². The monoisotopic (exact) mass is 236 g/mol. The predicted octanol–water partition coefficient (Wildman–Crippen LogP) is 2.97. The fourth-order valence-corrected chi connectivity index (χ4v) is 0.984. The van der Waals surface area contributed by atoms with Crippen LogP contribution in [0.25, 0.3) is 0 Å². The van der Waals surface area contributed by atoms with E-state index in [0.717, 1.165) is 12.1 Å². The van der Waals surface area contributed by atoms with Crippen LogP contribution in [0.2, 0.25) is 0 Å². The standard InChI is InChI=1S/C10H8F4O2/c11-8-5-7(6-15)1-2-9(8)16-4-3-10(12,13)14/h1-2,5-6H,3-4H2. The Hall–Kier alpha value is -1.59. The lowest BCUT2D eigenvalue weighted by atomic mass is 10.2. The Morgan fingerprint density at radius 1 is 1.31 bits per heavy atom.